The molecule has 6 heteroatoms. The van der Waals surface area contributed by atoms with Crippen molar-refractivity contribution in [1.29, 1.82) is 0 Å². The van der Waals surface area contributed by atoms with Crippen molar-refractivity contribution >= 4 is 34.6 Å². The Morgan fingerprint density at radius 3 is 2.50 bits per heavy atom. The Hall–Kier alpha value is -1.98. The molecule has 0 aromatic heterocycles. The fraction of sp³-hybridized carbons (Fsp3) is 0.188. The second-order valence-corrected chi connectivity index (χ2v) is 5.28. The van der Waals surface area contributed by atoms with Crippen molar-refractivity contribution < 1.29 is 9.47 Å². The van der Waals surface area contributed by atoms with Gasteiger partial charge in [0, 0.05) is 17.8 Å². The van der Waals surface area contributed by atoms with E-state index in [1.165, 1.54) is 0 Å². The van der Waals surface area contributed by atoms with Crippen LogP contribution in [0.2, 0.25) is 5.02 Å². The van der Waals surface area contributed by atoms with E-state index in [0.29, 0.717) is 22.4 Å². The number of ether oxygens (including phenoxy) is 2. The molecule has 2 aromatic rings. The van der Waals surface area contributed by atoms with Crippen LogP contribution in [0.4, 0.5) is 5.69 Å². The molecule has 0 saturated carbocycles. The molecule has 4 nitrogen and oxygen atoms in total. The highest BCUT2D eigenvalue weighted by atomic mass is 35.5. The summed E-state index contributed by atoms with van der Waals surface area (Å²) in [7, 11) is 3.22. The predicted octanol–water partition coefficient (Wildman–Crippen LogP) is 3.84. The highest BCUT2D eigenvalue weighted by Gasteiger charge is 2.05. The average Bonchev–Trinajstić information content (AvgIpc) is 2.53. The number of halogens is 1. The van der Waals surface area contributed by atoms with Crippen molar-refractivity contribution in [2.75, 3.05) is 19.5 Å². The Balaban J connectivity index is 1.94. The normalized spacial score (nSPS) is 9.95. The highest BCUT2D eigenvalue weighted by molar-refractivity contribution is 7.80. The van der Waals surface area contributed by atoms with Crippen LogP contribution in [0.15, 0.2) is 42.5 Å². The predicted molar refractivity (Wildman–Crippen MR) is 94.1 cm³/mol. The molecule has 2 aromatic carbocycles. The molecule has 0 atom stereocenters. The van der Waals surface area contributed by atoms with E-state index in [9.17, 15) is 0 Å². The first kappa shape index (κ1) is 16.4. The fourth-order valence-electron chi connectivity index (χ4n) is 1.94. The number of nitrogens with one attached hydrogen (secondary N) is 2. The van der Waals surface area contributed by atoms with Crippen LogP contribution in [-0.2, 0) is 6.54 Å². The summed E-state index contributed by atoms with van der Waals surface area (Å²) in [6, 6.07) is 13.2. The molecule has 0 aliphatic heterocycles. The average molecular weight is 337 g/mol. The first-order valence-corrected chi connectivity index (χ1v) is 7.43. The Morgan fingerprint density at radius 1 is 1.09 bits per heavy atom. The molecule has 22 heavy (non-hydrogen) atoms. The second-order valence-electron chi connectivity index (χ2n) is 4.47. The maximum absolute atomic E-state index is 6.08. The zero-order valence-electron chi connectivity index (χ0n) is 12.4. The molecule has 0 saturated heterocycles. The summed E-state index contributed by atoms with van der Waals surface area (Å²) in [6.45, 7) is 0.569. The van der Waals surface area contributed by atoms with Crippen molar-refractivity contribution in [3.05, 3.63) is 53.1 Å². The highest BCUT2D eigenvalue weighted by Crippen LogP contribution is 2.27. The van der Waals surface area contributed by atoms with Gasteiger partial charge in [0.1, 0.15) is 11.5 Å². The molecule has 0 amide bonds. The third-order valence-electron chi connectivity index (χ3n) is 3.04. The smallest absolute Gasteiger partial charge is 0.171 e. The van der Waals surface area contributed by atoms with E-state index >= 15 is 0 Å². The number of thiocarbonyl (C=S) groups is 1. The molecule has 2 rings (SSSR count). The largest absolute Gasteiger partial charge is 0.496 e. The van der Waals surface area contributed by atoms with Gasteiger partial charge in [-0.15, -0.1) is 0 Å². The van der Waals surface area contributed by atoms with Gasteiger partial charge in [0.05, 0.1) is 19.2 Å². The summed E-state index contributed by atoms with van der Waals surface area (Å²) in [5.74, 6) is 1.45. The van der Waals surface area contributed by atoms with E-state index < -0.39 is 0 Å². The third-order valence-corrected chi connectivity index (χ3v) is 3.58. The molecule has 0 radical (unpaired) electrons. The lowest BCUT2D eigenvalue weighted by Crippen LogP contribution is -2.28. The van der Waals surface area contributed by atoms with Crippen LogP contribution in [0.3, 0.4) is 0 Å². The van der Waals surface area contributed by atoms with Crippen LogP contribution < -0.4 is 20.1 Å². The quantitative estimate of drug-likeness (QED) is 0.812. The molecular weight excluding hydrogens is 320 g/mol. The minimum absolute atomic E-state index is 0.507. The molecule has 0 fully saturated rings. The first-order chi connectivity index (χ1) is 10.6. The number of hydrogen-bond acceptors (Lipinski definition) is 3. The lowest BCUT2D eigenvalue weighted by molar-refractivity contribution is 0.409. The van der Waals surface area contributed by atoms with Crippen molar-refractivity contribution in [3.8, 4) is 11.5 Å². The van der Waals surface area contributed by atoms with E-state index in [-0.39, 0.29) is 0 Å². The lowest BCUT2D eigenvalue weighted by Gasteiger charge is -2.13. The van der Waals surface area contributed by atoms with Gasteiger partial charge in [-0.05, 0) is 36.5 Å². The molecule has 0 bridgehead atoms. The van der Waals surface area contributed by atoms with E-state index in [4.69, 9.17) is 33.3 Å². The van der Waals surface area contributed by atoms with Crippen molar-refractivity contribution in [2.24, 2.45) is 0 Å². The van der Waals surface area contributed by atoms with Crippen LogP contribution in [0.25, 0.3) is 0 Å². The summed E-state index contributed by atoms with van der Waals surface area (Å²) >= 11 is 11.4. The molecule has 0 aliphatic rings. The first-order valence-electron chi connectivity index (χ1n) is 6.64. The van der Waals surface area contributed by atoms with Crippen LogP contribution in [0.5, 0.6) is 11.5 Å². The summed E-state index contributed by atoms with van der Waals surface area (Å²) in [4.78, 5) is 0. The molecule has 2 N–H and O–H groups in total. The topological polar surface area (TPSA) is 42.5 Å². The van der Waals surface area contributed by atoms with E-state index in [1.807, 2.05) is 30.3 Å². The van der Waals surface area contributed by atoms with Crippen LogP contribution in [0, 0.1) is 0 Å². The Labute approximate surface area is 140 Å². The van der Waals surface area contributed by atoms with Crippen molar-refractivity contribution in [2.45, 2.75) is 6.54 Å². The minimum Gasteiger partial charge on any atom is -0.496 e. The van der Waals surface area contributed by atoms with Gasteiger partial charge in [-0.3, -0.25) is 0 Å². The van der Waals surface area contributed by atoms with Gasteiger partial charge in [0.15, 0.2) is 5.11 Å². The van der Waals surface area contributed by atoms with Crippen molar-refractivity contribution in [3.63, 3.8) is 0 Å². The van der Waals surface area contributed by atoms with Gasteiger partial charge in [-0.25, -0.2) is 0 Å². The zero-order valence-corrected chi connectivity index (χ0v) is 13.9. The molecule has 0 heterocycles. The standard InChI is InChI=1S/C16H17ClN2O2S/c1-20-14-6-4-3-5-11(14)10-18-16(22)19-12-7-8-15(21-2)13(17)9-12/h3-9H,10H2,1-2H3,(H2,18,19,22). The van der Waals surface area contributed by atoms with E-state index in [0.717, 1.165) is 17.0 Å². The number of benzene rings is 2. The Morgan fingerprint density at radius 2 is 1.82 bits per heavy atom. The van der Waals surface area contributed by atoms with Crippen LogP contribution in [0.1, 0.15) is 5.56 Å². The summed E-state index contributed by atoms with van der Waals surface area (Å²) in [5.41, 5.74) is 1.82. The van der Waals surface area contributed by atoms with Gasteiger partial charge in [-0.2, -0.15) is 0 Å². The maximum atomic E-state index is 6.08. The number of para-hydroxylation sites is 1. The molecule has 116 valence electrons. The Bertz CT molecular complexity index is 664. The third kappa shape index (κ3) is 4.26. The molecule has 0 spiro atoms. The van der Waals surface area contributed by atoms with E-state index in [2.05, 4.69) is 10.6 Å². The number of anilines is 1. The monoisotopic (exact) mass is 336 g/mol. The van der Waals surface area contributed by atoms with E-state index in [1.54, 1.807) is 26.4 Å². The summed E-state index contributed by atoms with van der Waals surface area (Å²) in [5, 5.41) is 7.25. The zero-order chi connectivity index (χ0) is 15.9. The molecule has 0 aliphatic carbocycles. The number of rotatable bonds is 5. The second kappa shape index (κ2) is 7.87. The van der Waals surface area contributed by atoms with Gasteiger partial charge in [-0.1, -0.05) is 29.8 Å². The van der Waals surface area contributed by atoms with Crippen LogP contribution in [-0.4, -0.2) is 19.3 Å². The maximum Gasteiger partial charge on any atom is 0.171 e. The summed E-state index contributed by atoms with van der Waals surface area (Å²) in [6.07, 6.45) is 0. The van der Waals surface area contributed by atoms with Gasteiger partial charge < -0.3 is 20.1 Å². The van der Waals surface area contributed by atoms with Gasteiger partial charge in [0.25, 0.3) is 0 Å². The number of hydrogen-bond donors (Lipinski definition) is 2. The van der Waals surface area contributed by atoms with Gasteiger partial charge in [0.2, 0.25) is 0 Å². The molecular formula is C16H17ClN2O2S. The van der Waals surface area contributed by atoms with Crippen molar-refractivity contribution in [1.82, 2.24) is 5.32 Å². The number of methoxy groups -OCH3 is 2. The lowest BCUT2D eigenvalue weighted by atomic mass is 10.2. The fourth-order valence-corrected chi connectivity index (χ4v) is 2.39. The minimum atomic E-state index is 0.507. The molecule has 0 unspecified atom stereocenters. The summed E-state index contributed by atoms with van der Waals surface area (Å²) < 4.78 is 10.4. The Kier molecular flexibility index (Phi) is 5.86. The SMILES string of the molecule is COc1ccc(NC(=S)NCc2ccccc2OC)cc1Cl. The van der Waals surface area contributed by atoms with Gasteiger partial charge >= 0.3 is 0 Å². The van der Waals surface area contributed by atoms with Crippen LogP contribution >= 0.6 is 23.8 Å².